The Morgan fingerprint density at radius 3 is 2.38 bits per heavy atom. The van der Waals surface area contributed by atoms with Crippen LogP contribution in [0.3, 0.4) is 0 Å². The Bertz CT molecular complexity index is 341. The van der Waals surface area contributed by atoms with Gasteiger partial charge in [-0.1, -0.05) is 17.0 Å². The molecule has 0 spiro atoms. The Balaban J connectivity index is 3.02. The van der Waals surface area contributed by atoms with E-state index in [4.69, 9.17) is 4.52 Å². The Morgan fingerprint density at radius 1 is 1.38 bits per heavy atom. The van der Waals surface area contributed by atoms with Gasteiger partial charge >= 0.3 is 0 Å². The van der Waals surface area contributed by atoms with E-state index >= 15 is 0 Å². The molecule has 0 fully saturated rings. The number of aliphatic hydroxyl groups is 1. The smallest absolute Gasteiger partial charge is 0.149 e. The molecule has 0 bridgehead atoms. The van der Waals surface area contributed by atoms with Crippen LogP contribution < -0.4 is 0 Å². The van der Waals surface area contributed by atoms with E-state index in [2.05, 4.69) is 17.0 Å². The lowest BCUT2D eigenvalue weighted by Gasteiger charge is -2.05. The highest BCUT2D eigenvalue weighted by Crippen LogP contribution is 2.10. The Kier molecular flexibility index (Phi) is 2.44. The van der Waals surface area contributed by atoms with Gasteiger partial charge in [0.1, 0.15) is 11.4 Å². The fourth-order valence-corrected chi connectivity index (χ4v) is 0.877. The van der Waals surface area contributed by atoms with Gasteiger partial charge in [-0.25, -0.2) is 0 Å². The van der Waals surface area contributed by atoms with Crippen LogP contribution in [-0.4, -0.2) is 15.9 Å². The first-order valence-electron chi connectivity index (χ1n) is 4.08. The minimum absolute atomic E-state index is 0.689. The first kappa shape index (κ1) is 9.82. The van der Waals surface area contributed by atoms with Crippen molar-refractivity contribution in [3.8, 4) is 11.8 Å². The molecular weight excluding hydrogens is 166 g/mol. The molecular formula is C10H13NO2. The molecule has 0 unspecified atom stereocenters. The van der Waals surface area contributed by atoms with E-state index in [0.717, 1.165) is 11.3 Å². The van der Waals surface area contributed by atoms with Crippen LogP contribution in [0.1, 0.15) is 30.9 Å². The zero-order chi connectivity index (χ0) is 10.1. The van der Waals surface area contributed by atoms with Crippen molar-refractivity contribution < 1.29 is 9.63 Å². The van der Waals surface area contributed by atoms with Gasteiger partial charge in [-0.3, -0.25) is 0 Å². The number of nitrogens with zero attached hydrogens (tertiary/aromatic N) is 1. The summed E-state index contributed by atoms with van der Waals surface area (Å²) in [6, 6.07) is 0. The number of aryl methyl sites for hydroxylation is 2. The summed E-state index contributed by atoms with van der Waals surface area (Å²) >= 11 is 0. The third kappa shape index (κ3) is 2.60. The molecule has 70 valence electrons. The molecule has 1 aromatic heterocycles. The van der Waals surface area contributed by atoms with Gasteiger partial charge in [-0.15, -0.1) is 0 Å². The Labute approximate surface area is 77.7 Å². The quantitative estimate of drug-likeness (QED) is 0.612. The van der Waals surface area contributed by atoms with Gasteiger partial charge in [-0.05, 0) is 27.7 Å². The second kappa shape index (κ2) is 3.23. The maximum atomic E-state index is 9.37. The highest BCUT2D eigenvalue weighted by atomic mass is 16.5. The topological polar surface area (TPSA) is 46.3 Å². The fourth-order valence-electron chi connectivity index (χ4n) is 0.877. The molecule has 3 heteroatoms. The summed E-state index contributed by atoms with van der Waals surface area (Å²) in [6.07, 6.45) is 0. The summed E-state index contributed by atoms with van der Waals surface area (Å²) in [6.45, 7) is 6.90. The van der Waals surface area contributed by atoms with Gasteiger partial charge in [-0.2, -0.15) is 0 Å². The standard InChI is InChI=1S/C10H13NO2/c1-7-9(8(2)13-11-7)5-6-10(3,4)12/h12H,1-4H3. The molecule has 0 amide bonds. The largest absolute Gasteiger partial charge is 0.378 e. The van der Waals surface area contributed by atoms with Gasteiger partial charge < -0.3 is 9.63 Å². The summed E-state index contributed by atoms with van der Waals surface area (Å²) in [5, 5.41) is 13.1. The van der Waals surface area contributed by atoms with Crippen molar-refractivity contribution >= 4 is 0 Å². The minimum Gasteiger partial charge on any atom is -0.378 e. The van der Waals surface area contributed by atoms with Crippen molar-refractivity contribution in [1.29, 1.82) is 0 Å². The van der Waals surface area contributed by atoms with Gasteiger partial charge in [0, 0.05) is 0 Å². The van der Waals surface area contributed by atoms with Crippen molar-refractivity contribution in [1.82, 2.24) is 5.16 Å². The van der Waals surface area contributed by atoms with E-state index in [9.17, 15) is 5.11 Å². The summed E-state index contributed by atoms with van der Waals surface area (Å²) in [5.74, 6) is 6.25. The van der Waals surface area contributed by atoms with E-state index in [0.29, 0.717) is 5.76 Å². The summed E-state index contributed by atoms with van der Waals surface area (Å²) in [5.41, 5.74) is 0.548. The molecule has 0 aliphatic rings. The predicted octanol–water partition coefficient (Wildman–Crippen LogP) is 1.41. The lowest BCUT2D eigenvalue weighted by molar-refractivity contribution is 0.143. The second-order valence-corrected chi connectivity index (χ2v) is 3.51. The molecule has 0 saturated carbocycles. The van der Waals surface area contributed by atoms with Crippen molar-refractivity contribution in [2.24, 2.45) is 0 Å². The summed E-state index contributed by atoms with van der Waals surface area (Å²) in [4.78, 5) is 0. The monoisotopic (exact) mass is 179 g/mol. The number of aromatic nitrogens is 1. The van der Waals surface area contributed by atoms with Gasteiger partial charge in [0.05, 0.1) is 11.3 Å². The van der Waals surface area contributed by atoms with Crippen LogP contribution in [0.25, 0.3) is 0 Å². The number of hydrogen-bond acceptors (Lipinski definition) is 3. The molecule has 0 atom stereocenters. The second-order valence-electron chi connectivity index (χ2n) is 3.51. The third-order valence-electron chi connectivity index (χ3n) is 1.53. The van der Waals surface area contributed by atoms with Crippen LogP contribution in [0, 0.1) is 25.7 Å². The summed E-state index contributed by atoms with van der Waals surface area (Å²) < 4.78 is 4.93. The highest BCUT2D eigenvalue weighted by molar-refractivity contribution is 5.40. The average molecular weight is 179 g/mol. The molecule has 1 N–H and O–H groups in total. The maximum Gasteiger partial charge on any atom is 0.149 e. The van der Waals surface area contributed by atoms with Gasteiger partial charge in [0.15, 0.2) is 0 Å². The van der Waals surface area contributed by atoms with Crippen LogP contribution in [0.2, 0.25) is 0 Å². The molecule has 0 aliphatic heterocycles. The fraction of sp³-hybridized carbons (Fsp3) is 0.500. The lowest BCUT2D eigenvalue weighted by Crippen LogP contribution is -2.14. The van der Waals surface area contributed by atoms with Crippen molar-refractivity contribution in [2.75, 3.05) is 0 Å². The Morgan fingerprint density at radius 2 is 2.00 bits per heavy atom. The molecule has 0 aliphatic carbocycles. The third-order valence-corrected chi connectivity index (χ3v) is 1.53. The maximum absolute atomic E-state index is 9.37. The van der Waals surface area contributed by atoms with Crippen LogP contribution in [0.4, 0.5) is 0 Å². The van der Waals surface area contributed by atoms with Gasteiger partial charge in [0.2, 0.25) is 0 Å². The zero-order valence-corrected chi connectivity index (χ0v) is 8.30. The molecule has 1 heterocycles. The van der Waals surface area contributed by atoms with E-state index < -0.39 is 5.60 Å². The minimum atomic E-state index is -0.976. The average Bonchev–Trinajstić information content (AvgIpc) is 2.27. The number of rotatable bonds is 0. The van der Waals surface area contributed by atoms with E-state index in [1.165, 1.54) is 0 Å². The van der Waals surface area contributed by atoms with Crippen molar-refractivity contribution in [2.45, 2.75) is 33.3 Å². The molecule has 1 aromatic rings. The van der Waals surface area contributed by atoms with Crippen LogP contribution >= 0.6 is 0 Å². The highest BCUT2D eigenvalue weighted by Gasteiger charge is 2.09. The molecule has 0 aromatic carbocycles. The van der Waals surface area contributed by atoms with E-state index in [-0.39, 0.29) is 0 Å². The van der Waals surface area contributed by atoms with Crippen LogP contribution in [0.5, 0.6) is 0 Å². The van der Waals surface area contributed by atoms with Crippen LogP contribution in [-0.2, 0) is 0 Å². The summed E-state index contributed by atoms with van der Waals surface area (Å²) in [7, 11) is 0. The molecule has 1 rings (SSSR count). The van der Waals surface area contributed by atoms with E-state index in [1.807, 2.05) is 6.92 Å². The first-order valence-corrected chi connectivity index (χ1v) is 4.08. The predicted molar refractivity (Wildman–Crippen MR) is 49.2 cm³/mol. The molecule has 0 radical (unpaired) electrons. The Hall–Kier alpha value is -1.27. The van der Waals surface area contributed by atoms with Gasteiger partial charge in [0.25, 0.3) is 0 Å². The van der Waals surface area contributed by atoms with Crippen LogP contribution in [0.15, 0.2) is 4.52 Å². The normalized spacial score (nSPS) is 10.8. The zero-order valence-electron chi connectivity index (χ0n) is 8.30. The first-order chi connectivity index (χ1) is 5.90. The number of hydrogen-bond donors (Lipinski definition) is 1. The van der Waals surface area contributed by atoms with Crippen molar-refractivity contribution in [3.05, 3.63) is 17.0 Å². The molecule has 0 saturated heterocycles. The lowest BCUT2D eigenvalue weighted by atomic mass is 10.1. The molecule has 3 nitrogen and oxygen atoms in total. The van der Waals surface area contributed by atoms with E-state index in [1.54, 1.807) is 20.8 Å². The molecule has 13 heavy (non-hydrogen) atoms. The van der Waals surface area contributed by atoms with Crippen molar-refractivity contribution in [3.63, 3.8) is 0 Å². The SMILES string of the molecule is Cc1noc(C)c1C#CC(C)(C)O.